The van der Waals surface area contributed by atoms with E-state index in [1.165, 1.54) is 0 Å². The van der Waals surface area contributed by atoms with Crippen LogP contribution in [0.3, 0.4) is 0 Å². The second kappa shape index (κ2) is 5.83. The van der Waals surface area contributed by atoms with Gasteiger partial charge in [0.15, 0.2) is 0 Å². The van der Waals surface area contributed by atoms with E-state index in [0.717, 1.165) is 10.2 Å². The van der Waals surface area contributed by atoms with Gasteiger partial charge >= 0.3 is 0 Å². The monoisotopic (exact) mass is 243 g/mol. The molecule has 0 bridgehead atoms. The molecule has 0 amide bonds. The summed E-state index contributed by atoms with van der Waals surface area (Å²) in [7, 11) is 0. The summed E-state index contributed by atoms with van der Waals surface area (Å²) < 4.78 is 0.958. The fraction of sp³-hybridized carbons (Fsp3) is 0. The maximum atomic E-state index is 5.47. The second-order valence-corrected chi connectivity index (χ2v) is 2.38. The van der Waals surface area contributed by atoms with Crippen molar-refractivity contribution in [3.63, 3.8) is 0 Å². The van der Waals surface area contributed by atoms with Crippen LogP contribution in [-0.2, 0) is 0 Å². The molecule has 0 unspecified atom stereocenters. The van der Waals surface area contributed by atoms with Gasteiger partial charge in [0.25, 0.3) is 0 Å². The van der Waals surface area contributed by atoms with Crippen molar-refractivity contribution in [3.8, 4) is 0 Å². The molecule has 0 saturated carbocycles. The number of halogens is 3. The fourth-order valence-corrected chi connectivity index (χ4v) is 0.760. The van der Waals surface area contributed by atoms with Gasteiger partial charge in [0, 0.05) is 10.2 Å². The quantitative estimate of drug-likeness (QED) is 0.698. The smallest absolute Gasteiger partial charge is 0.0458 e. The third-order valence-corrected chi connectivity index (χ3v) is 1.63. The Kier molecular flexibility index (Phi) is 7.43. The topological polar surface area (TPSA) is 26.0 Å². The summed E-state index contributed by atoms with van der Waals surface area (Å²) >= 11 is 3.27. The summed E-state index contributed by atoms with van der Waals surface area (Å²) in [6, 6.07) is 7.60. The predicted molar refractivity (Wildman–Crippen MR) is 53.1 cm³/mol. The van der Waals surface area contributed by atoms with Crippen LogP contribution in [0.25, 0.3) is 0 Å². The third-order valence-electron chi connectivity index (χ3n) is 0.905. The summed E-state index contributed by atoms with van der Waals surface area (Å²) in [5.74, 6) is 0. The van der Waals surface area contributed by atoms with Crippen molar-refractivity contribution in [2.45, 2.75) is 0 Å². The van der Waals surface area contributed by atoms with Crippen LogP contribution >= 0.6 is 40.7 Å². The van der Waals surface area contributed by atoms with Crippen molar-refractivity contribution >= 4 is 46.4 Å². The van der Waals surface area contributed by atoms with Crippen molar-refractivity contribution in [2.75, 3.05) is 5.73 Å². The molecule has 10 heavy (non-hydrogen) atoms. The molecule has 1 nitrogen and oxygen atoms in total. The number of nitrogen functional groups attached to an aromatic ring is 1. The molecule has 1 aromatic rings. The first-order valence-electron chi connectivity index (χ1n) is 2.31. The van der Waals surface area contributed by atoms with Crippen LogP contribution in [0.5, 0.6) is 0 Å². The predicted octanol–water partition coefficient (Wildman–Crippen LogP) is 2.87. The fourth-order valence-electron chi connectivity index (χ4n) is 0.475. The molecule has 58 valence electrons. The van der Waals surface area contributed by atoms with Gasteiger partial charge in [0.2, 0.25) is 0 Å². The first-order chi connectivity index (χ1) is 3.80. The molecular weight excluding hydrogens is 237 g/mol. The van der Waals surface area contributed by atoms with E-state index in [-0.39, 0.29) is 24.8 Å². The second-order valence-electron chi connectivity index (χ2n) is 1.52. The van der Waals surface area contributed by atoms with Crippen LogP contribution in [0.15, 0.2) is 28.7 Å². The standard InChI is InChI=1S/C6H6BrN.2ClH/c7-5-3-1-2-4-6(5)8;;/h1-4H,8H2;2*1H. The number of nitrogens with two attached hydrogens (primary N) is 1. The summed E-state index contributed by atoms with van der Waals surface area (Å²) in [5, 5.41) is 0. The Bertz CT molecular complexity index is 172. The zero-order valence-corrected chi connectivity index (χ0v) is 8.30. The van der Waals surface area contributed by atoms with Crippen molar-refractivity contribution in [1.82, 2.24) is 0 Å². The van der Waals surface area contributed by atoms with Crippen LogP contribution in [0.1, 0.15) is 0 Å². The number of anilines is 1. The Morgan fingerprint density at radius 2 is 1.60 bits per heavy atom. The van der Waals surface area contributed by atoms with E-state index in [1.54, 1.807) is 0 Å². The molecule has 0 aromatic heterocycles. The van der Waals surface area contributed by atoms with Crippen molar-refractivity contribution in [1.29, 1.82) is 0 Å². The van der Waals surface area contributed by atoms with E-state index in [4.69, 9.17) is 5.73 Å². The molecule has 0 aliphatic carbocycles. The molecular formula is C6H8BrCl2N. The van der Waals surface area contributed by atoms with E-state index >= 15 is 0 Å². The van der Waals surface area contributed by atoms with Gasteiger partial charge in [-0.15, -0.1) is 24.8 Å². The molecule has 2 N–H and O–H groups in total. The molecule has 0 heterocycles. The zero-order valence-electron chi connectivity index (χ0n) is 5.08. The highest BCUT2D eigenvalue weighted by molar-refractivity contribution is 9.10. The van der Waals surface area contributed by atoms with E-state index in [0.29, 0.717) is 0 Å². The Morgan fingerprint density at radius 1 is 1.10 bits per heavy atom. The Balaban J connectivity index is 0. The van der Waals surface area contributed by atoms with Crippen molar-refractivity contribution < 1.29 is 0 Å². The van der Waals surface area contributed by atoms with Gasteiger partial charge in [0.05, 0.1) is 0 Å². The van der Waals surface area contributed by atoms with E-state index < -0.39 is 0 Å². The van der Waals surface area contributed by atoms with E-state index in [9.17, 15) is 0 Å². The first-order valence-corrected chi connectivity index (χ1v) is 3.10. The molecule has 0 aliphatic rings. The van der Waals surface area contributed by atoms with Gasteiger partial charge in [-0.25, -0.2) is 0 Å². The molecule has 0 spiro atoms. The van der Waals surface area contributed by atoms with Gasteiger partial charge < -0.3 is 5.73 Å². The zero-order chi connectivity index (χ0) is 5.98. The molecule has 1 rings (SSSR count). The minimum absolute atomic E-state index is 0. The Labute approximate surface area is 80.9 Å². The number of rotatable bonds is 0. The number of hydrogen-bond donors (Lipinski definition) is 1. The van der Waals surface area contributed by atoms with Gasteiger partial charge in [-0.2, -0.15) is 0 Å². The summed E-state index contributed by atoms with van der Waals surface area (Å²) in [6.45, 7) is 0. The molecule has 0 saturated heterocycles. The first kappa shape index (κ1) is 12.7. The largest absolute Gasteiger partial charge is 0.398 e. The van der Waals surface area contributed by atoms with Crippen LogP contribution < -0.4 is 5.73 Å². The minimum Gasteiger partial charge on any atom is -0.398 e. The normalized spacial score (nSPS) is 7.30. The van der Waals surface area contributed by atoms with Gasteiger partial charge in [-0.05, 0) is 28.1 Å². The van der Waals surface area contributed by atoms with Crippen LogP contribution in [0.2, 0.25) is 0 Å². The lowest BCUT2D eigenvalue weighted by atomic mass is 10.3. The molecule has 0 aliphatic heterocycles. The summed E-state index contributed by atoms with van der Waals surface area (Å²) in [6.07, 6.45) is 0. The number of para-hydroxylation sites is 1. The Hall–Kier alpha value is 0.0800. The highest BCUT2D eigenvalue weighted by Crippen LogP contribution is 2.16. The lowest BCUT2D eigenvalue weighted by Gasteiger charge is -1.91. The summed E-state index contributed by atoms with van der Waals surface area (Å²) in [4.78, 5) is 0. The minimum atomic E-state index is 0. The Morgan fingerprint density at radius 3 is 1.90 bits per heavy atom. The van der Waals surface area contributed by atoms with Gasteiger partial charge in [0.1, 0.15) is 0 Å². The maximum absolute atomic E-state index is 5.47. The van der Waals surface area contributed by atoms with Gasteiger partial charge in [-0.3, -0.25) is 0 Å². The van der Waals surface area contributed by atoms with Crippen molar-refractivity contribution in [2.24, 2.45) is 0 Å². The van der Waals surface area contributed by atoms with Crippen LogP contribution in [-0.4, -0.2) is 0 Å². The molecule has 0 radical (unpaired) electrons. The lowest BCUT2D eigenvalue weighted by molar-refractivity contribution is 1.63. The highest BCUT2D eigenvalue weighted by Gasteiger charge is 1.86. The van der Waals surface area contributed by atoms with E-state index in [1.807, 2.05) is 24.3 Å². The average molecular weight is 245 g/mol. The van der Waals surface area contributed by atoms with Crippen molar-refractivity contribution in [3.05, 3.63) is 28.7 Å². The number of benzene rings is 1. The third kappa shape index (κ3) is 3.30. The maximum Gasteiger partial charge on any atom is 0.0458 e. The van der Waals surface area contributed by atoms with E-state index in [2.05, 4.69) is 15.9 Å². The highest BCUT2D eigenvalue weighted by atomic mass is 79.9. The molecule has 1 aromatic carbocycles. The molecule has 0 atom stereocenters. The SMILES string of the molecule is Cl.Cl.Nc1ccccc1Br. The molecule has 4 heteroatoms. The van der Waals surface area contributed by atoms with Gasteiger partial charge in [-0.1, -0.05) is 12.1 Å². The number of hydrogen-bond acceptors (Lipinski definition) is 1. The lowest BCUT2D eigenvalue weighted by Crippen LogP contribution is -1.82. The van der Waals surface area contributed by atoms with Crippen LogP contribution in [0.4, 0.5) is 5.69 Å². The molecule has 0 fully saturated rings. The average Bonchev–Trinajstić information content (AvgIpc) is 1.77. The van der Waals surface area contributed by atoms with Crippen LogP contribution in [0, 0.1) is 0 Å². The summed E-state index contributed by atoms with van der Waals surface area (Å²) in [5.41, 5.74) is 6.26.